The minimum absolute atomic E-state index is 0.828. The predicted octanol–water partition coefficient (Wildman–Crippen LogP) is 1.38. The second kappa shape index (κ2) is 6.85. The Balaban J connectivity index is 1.21. The Labute approximate surface area is 154 Å². The standard InChI is InChI=1S/C20H25N5O/c1-2-16-4-10-26-19(16)11-15(1)14-24-6-8-25(9-7-24)20-22-13-17-12-21-5-3-18(17)23-20/h1-2,11,13,21H,3-10,12,14H2. The zero-order valence-electron chi connectivity index (χ0n) is 15.1. The number of aromatic nitrogens is 2. The fourth-order valence-corrected chi connectivity index (χ4v) is 4.05. The molecule has 136 valence electrons. The van der Waals surface area contributed by atoms with Crippen molar-refractivity contribution in [2.45, 2.75) is 25.9 Å². The van der Waals surface area contributed by atoms with Crippen molar-refractivity contribution in [3.8, 4) is 5.75 Å². The molecule has 6 nitrogen and oxygen atoms in total. The van der Waals surface area contributed by atoms with E-state index in [9.17, 15) is 0 Å². The lowest BCUT2D eigenvalue weighted by atomic mass is 10.1. The molecule has 1 fully saturated rings. The number of hydrogen-bond acceptors (Lipinski definition) is 6. The molecule has 2 aromatic rings. The van der Waals surface area contributed by atoms with Crippen LogP contribution in [0.2, 0.25) is 0 Å². The van der Waals surface area contributed by atoms with E-state index in [0.29, 0.717) is 0 Å². The maximum absolute atomic E-state index is 5.70. The van der Waals surface area contributed by atoms with Gasteiger partial charge in [0.2, 0.25) is 5.95 Å². The number of hydrogen-bond donors (Lipinski definition) is 1. The predicted molar refractivity (Wildman–Crippen MR) is 101 cm³/mol. The third kappa shape index (κ3) is 3.15. The summed E-state index contributed by atoms with van der Waals surface area (Å²) in [7, 11) is 0. The van der Waals surface area contributed by atoms with Crippen molar-refractivity contribution in [3.63, 3.8) is 0 Å². The normalized spacial score (nSPS) is 19.8. The lowest BCUT2D eigenvalue weighted by molar-refractivity contribution is 0.248. The molecule has 0 radical (unpaired) electrons. The van der Waals surface area contributed by atoms with Crippen LogP contribution in [0.25, 0.3) is 0 Å². The molecule has 0 aliphatic carbocycles. The summed E-state index contributed by atoms with van der Waals surface area (Å²) in [5, 5.41) is 3.38. The van der Waals surface area contributed by atoms with Gasteiger partial charge in [0.15, 0.2) is 0 Å². The van der Waals surface area contributed by atoms with Crippen LogP contribution in [0.4, 0.5) is 5.95 Å². The average molecular weight is 351 g/mol. The summed E-state index contributed by atoms with van der Waals surface area (Å²) >= 11 is 0. The molecule has 0 atom stereocenters. The first kappa shape index (κ1) is 16.0. The van der Waals surface area contributed by atoms with Gasteiger partial charge >= 0.3 is 0 Å². The zero-order valence-corrected chi connectivity index (χ0v) is 15.1. The van der Waals surface area contributed by atoms with Crippen molar-refractivity contribution in [3.05, 3.63) is 46.8 Å². The van der Waals surface area contributed by atoms with Crippen LogP contribution < -0.4 is 15.0 Å². The molecule has 0 unspecified atom stereocenters. The molecular weight excluding hydrogens is 326 g/mol. The highest BCUT2D eigenvalue weighted by molar-refractivity contribution is 5.40. The molecule has 3 aliphatic heterocycles. The van der Waals surface area contributed by atoms with E-state index in [1.807, 2.05) is 6.20 Å². The fraction of sp³-hybridized carbons (Fsp3) is 0.500. The van der Waals surface area contributed by atoms with Gasteiger partial charge < -0.3 is 15.0 Å². The number of piperazine rings is 1. The first-order valence-corrected chi connectivity index (χ1v) is 9.62. The highest BCUT2D eigenvalue weighted by atomic mass is 16.5. The maximum Gasteiger partial charge on any atom is 0.225 e. The van der Waals surface area contributed by atoms with Crippen LogP contribution in [-0.4, -0.2) is 54.2 Å². The molecule has 1 aromatic carbocycles. The molecule has 0 amide bonds. The lowest BCUT2D eigenvalue weighted by Gasteiger charge is -2.35. The van der Waals surface area contributed by atoms with E-state index >= 15 is 0 Å². The molecule has 1 N–H and O–H groups in total. The molecule has 1 aromatic heterocycles. The average Bonchev–Trinajstić information content (AvgIpc) is 3.16. The summed E-state index contributed by atoms with van der Waals surface area (Å²) in [6.07, 6.45) is 4.05. The van der Waals surface area contributed by atoms with Crippen LogP contribution >= 0.6 is 0 Å². The van der Waals surface area contributed by atoms with Crippen LogP contribution in [0.3, 0.4) is 0 Å². The Hall–Kier alpha value is -2.18. The number of nitrogens with zero attached hydrogens (tertiary/aromatic N) is 4. The molecule has 4 heterocycles. The third-order valence-electron chi connectivity index (χ3n) is 5.62. The van der Waals surface area contributed by atoms with Crippen molar-refractivity contribution in [1.29, 1.82) is 0 Å². The molecule has 0 saturated carbocycles. The summed E-state index contributed by atoms with van der Waals surface area (Å²) in [5.41, 5.74) is 5.15. The number of ether oxygens (including phenoxy) is 1. The fourth-order valence-electron chi connectivity index (χ4n) is 4.05. The van der Waals surface area contributed by atoms with Gasteiger partial charge in [-0.05, 0) is 17.2 Å². The topological polar surface area (TPSA) is 53.5 Å². The smallest absolute Gasteiger partial charge is 0.225 e. The Bertz CT molecular complexity index is 801. The lowest BCUT2D eigenvalue weighted by Crippen LogP contribution is -2.46. The van der Waals surface area contributed by atoms with Gasteiger partial charge in [-0.3, -0.25) is 4.90 Å². The van der Waals surface area contributed by atoms with Gasteiger partial charge in [0.1, 0.15) is 5.75 Å². The van der Waals surface area contributed by atoms with Crippen LogP contribution in [0.1, 0.15) is 22.4 Å². The molecular formula is C20H25N5O. The van der Waals surface area contributed by atoms with Crippen LogP contribution in [0.15, 0.2) is 24.4 Å². The molecule has 5 rings (SSSR count). The summed E-state index contributed by atoms with van der Waals surface area (Å²) < 4.78 is 5.70. The molecule has 26 heavy (non-hydrogen) atoms. The number of rotatable bonds is 3. The zero-order chi connectivity index (χ0) is 17.3. The Morgan fingerprint density at radius 1 is 1.08 bits per heavy atom. The van der Waals surface area contributed by atoms with Gasteiger partial charge in [-0.1, -0.05) is 12.1 Å². The maximum atomic E-state index is 5.70. The van der Waals surface area contributed by atoms with E-state index in [1.165, 1.54) is 22.4 Å². The van der Waals surface area contributed by atoms with Gasteiger partial charge in [-0.25, -0.2) is 9.97 Å². The summed E-state index contributed by atoms with van der Waals surface area (Å²) in [5.74, 6) is 1.98. The first-order chi connectivity index (χ1) is 12.8. The summed E-state index contributed by atoms with van der Waals surface area (Å²) in [6.45, 7) is 7.78. The number of fused-ring (bicyclic) bond motifs is 2. The second-order valence-electron chi connectivity index (χ2n) is 7.37. The molecule has 0 bridgehead atoms. The molecule has 0 spiro atoms. The molecule has 3 aliphatic rings. The van der Waals surface area contributed by atoms with E-state index in [-0.39, 0.29) is 0 Å². The molecule has 6 heteroatoms. The Morgan fingerprint density at radius 2 is 2.00 bits per heavy atom. The number of nitrogens with one attached hydrogen (secondary N) is 1. The van der Waals surface area contributed by atoms with Crippen LogP contribution in [0.5, 0.6) is 5.75 Å². The van der Waals surface area contributed by atoms with Crippen molar-refractivity contribution in [2.24, 2.45) is 0 Å². The van der Waals surface area contributed by atoms with Gasteiger partial charge in [0.25, 0.3) is 0 Å². The first-order valence-electron chi connectivity index (χ1n) is 9.62. The Morgan fingerprint density at radius 3 is 2.92 bits per heavy atom. The quantitative estimate of drug-likeness (QED) is 0.902. The van der Waals surface area contributed by atoms with E-state index in [0.717, 1.165) is 77.0 Å². The van der Waals surface area contributed by atoms with Crippen molar-refractivity contribution in [1.82, 2.24) is 20.2 Å². The van der Waals surface area contributed by atoms with E-state index in [2.05, 4.69) is 38.3 Å². The van der Waals surface area contributed by atoms with E-state index in [1.54, 1.807) is 0 Å². The van der Waals surface area contributed by atoms with Crippen molar-refractivity contribution in [2.75, 3.05) is 44.2 Å². The van der Waals surface area contributed by atoms with Crippen LogP contribution in [-0.2, 0) is 25.9 Å². The number of benzene rings is 1. The van der Waals surface area contributed by atoms with Gasteiger partial charge in [0, 0.05) is 70.4 Å². The summed E-state index contributed by atoms with van der Waals surface area (Å²) in [6, 6.07) is 6.69. The monoisotopic (exact) mass is 351 g/mol. The molecule has 1 saturated heterocycles. The van der Waals surface area contributed by atoms with Crippen molar-refractivity contribution >= 4 is 5.95 Å². The van der Waals surface area contributed by atoms with Gasteiger partial charge in [-0.2, -0.15) is 0 Å². The van der Waals surface area contributed by atoms with Crippen molar-refractivity contribution < 1.29 is 4.74 Å². The van der Waals surface area contributed by atoms with E-state index < -0.39 is 0 Å². The minimum atomic E-state index is 0.828. The summed E-state index contributed by atoms with van der Waals surface area (Å²) in [4.78, 5) is 14.3. The minimum Gasteiger partial charge on any atom is -0.493 e. The van der Waals surface area contributed by atoms with Crippen LogP contribution in [0, 0.1) is 0 Å². The SMILES string of the molecule is c1cc2c(cc1CN1CCN(c3ncc4c(n3)CCNC4)CC1)OCC2. The second-order valence-corrected chi connectivity index (χ2v) is 7.37. The van der Waals surface area contributed by atoms with Gasteiger partial charge in [-0.15, -0.1) is 0 Å². The third-order valence-corrected chi connectivity index (χ3v) is 5.62. The Kier molecular flexibility index (Phi) is 4.22. The van der Waals surface area contributed by atoms with Gasteiger partial charge in [0.05, 0.1) is 12.3 Å². The highest BCUT2D eigenvalue weighted by Crippen LogP contribution is 2.27. The largest absolute Gasteiger partial charge is 0.493 e. The highest BCUT2D eigenvalue weighted by Gasteiger charge is 2.21. The van der Waals surface area contributed by atoms with E-state index in [4.69, 9.17) is 9.72 Å². The number of anilines is 1.